The van der Waals surface area contributed by atoms with Gasteiger partial charge in [0.05, 0.1) is 10.3 Å². The van der Waals surface area contributed by atoms with E-state index < -0.39 is 21.9 Å². The molecule has 0 bridgehead atoms. The third kappa shape index (κ3) is 4.18. The van der Waals surface area contributed by atoms with E-state index >= 15 is 0 Å². The summed E-state index contributed by atoms with van der Waals surface area (Å²) < 4.78 is 6.42. The van der Waals surface area contributed by atoms with Crippen molar-refractivity contribution in [1.82, 2.24) is 19.9 Å². The van der Waals surface area contributed by atoms with E-state index in [0.717, 1.165) is 22.9 Å². The molecule has 1 amide bonds. The number of aromatic nitrogens is 3. The minimum Gasteiger partial charge on any atom is -0.444 e. The van der Waals surface area contributed by atoms with Gasteiger partial charge in [-0.2, -0.15) is 4.68 Å². The molecule has 1 fully saturated rings. The molecule has 0 unspecified atom stereocenters. The number of fused-ring (bicyclic) bond motifs is 1. The summed E-state index contributed by atoms with van der Waals surface area (Å²) in [5.74, 6) is 0. The Morgan fingerprint density at radius 3 is 2.78 bits per heavy atom. The van der Waals surface area contributed by atoms with Crippen molar-refractivity contribution in [3.8, 4) is 0 Å². The molecule has 2 aromatic rings. The van der Waals surface area contributed by atoms with Crippen LogP contribution in [-0.2, 0) is 4.74 Å². The number of hydrogen-bond acceptors (Lipinski definition) is 8. The topological polar surface area (TPSA) is 120 Å². The Morgan fingerprint density at radius 2 is 2.11 bits per heavy atom. The SMILES string of the molecule is CC(C)(C)OC(=O)N1CCC[C@@H]1SC(=O)n1nnc2ccc([N+](=O)[O-])cc21. The maximum absolute atomic E-state index is 12.7. The summed E-state index contributed by atoms with van der Waals surface area (Å²) in [6.45, 7) is 5.84. The Hall–Kier alpha value is -2.69. The summed E-state index contributed by atoms with van der Waals surface area (Å²) in [4.78, 5) is 37.0. The Balaban J connectivity index is 1.78. The molecule has 1 aromatic carbocycles. The van der Waals surface area contributed by atoms with Crippen LogP contribution in [0.15, 0.2) is 18.2 Å². The van der Waals surface area contributed by atoms with Gasteiger partial charge in [-0.3, -0.25) is 19.8 Å². The van der Waals surface area contributed by atoms with Crippen molar-refractivity contribution in [2.75, 3.05) is 6.54 Å². The molecule has 0 radical (unpaired) electrons. The number of amides is 1. The van der Waals surface area contributed by atoms with Crippen molar-refractivity contribution in [3.05, 3.63) is 28.3 Å². The molecule has 1 saturated heterocycles. The minimum atomic E-state index is -0.625. The number of thioether (sulfide) groups is 1. The molecule has 1 aliphatic heterocycles. The Bertz CT molecular complexity index is 906. The number of carbonyl (C=O) groups is 2. The molecule has 27 heavy (non-hydrogen) atoms. The lowest BCUT2D eigenvalue weighted by molar-refractivity contribution is -0.384. The summed E-state index contributed by atoms with van der Waals surface area (Å²) in [6, 6.07) is 4.01. The average Bonchev–Trinajstić information content (AvgIpc) is 3.18. The van der Waals surface area contributed by atoms with Gasteiger partial charge in [0.1, 0.15) is 16.6 Å². The van der Waals surface area contributed by atoms with Gasteiger partial charge in [-0.1, -0.05) is 5.21 Å². The van der Waals surface area contributed by atoms with E-state index in [9.17, 15) is 19.7 Å². The van der Waals surface area contributed by atoms with Crippen molar-refractivity contribution < 1.29 is 19.2 Å². The summed E-state index contributed by atoms with van der Waals surface area (Å²) in [7, 11) is 0. The van der Waals surface area contributed by atoms with Gasteiger partial charge in [-0.15, -0.1) is 5.10 Å². The second kappa shape index (κ2) is 7.14. The molecule has 11 heteroatoms. The molecule has 3 rings (SSSR count). The molecule has 10 nitrogen and oxygen atoms in total. The van der Waals surface area contributed by atoms with E-state index in [-0.39, 0.29) is 16.6 Å². The number of likely N-dealkylation sites (tertiary alicyclic amines) is 1. The number of rotatable bonds is 2. The first-order valence-corrected chi connectivity index (χ1v) is 9.24. The average molecular weight is 393 g/mol. The number of nitrogens with zero attached hydrogens (tertiary/aromatic N) is 5. The van der Waals surface area contributed by atoms with Crippen LogP contribution in [0.1, 0.15) is 33.6 Å². The summed E-state index contributed by atoms with van der Waals surface area (Å²) in [5, 5.41) is 17.8. The lowest BCUT2D eigenvalue weighted by atomic mass is 10.2. The highest BCUT2D eigenvalue weighted by atomic mass is 32.2. The zero-order chi connectivity index (χ0) is 19.8. The van der Waals surface area contributed by atoms with Crippen LogP contribution in [0, 0.1) is 10.1 Å². The molecule has 0 saturated carbocycles. The molecule has 0 aliphatic carbocycles. The quantitative estimate of drug-likeness (QED) is 0.562. The third-order valence-corrected chi connectivity index (χ3v) is 5.01. The van der Waals surface area contributed by atoms with Crippen LogP contribution in [0.4, 0.5) is 15.3 Å². The molecule has 1 aliphatic rings. The Kier molecular flexibility index (Phi) is 5.05. The summed E-state index contributed by atoms with van der Waals surface area (Å²) >= 11 is 0.933. The first kappa shape index (κ1) is 19.1. The molecular formula is C16H19N5O5S. The molecule has 1 atom stereocenters. The maximum Gasteiger partial charge on any atom is 0.411 e. The van der Waals surface area contributed by atoms with E-state index in [0.29, 0.717) is 18.5 Å². The van der Waals surface area contributed by atoms with Crippen LogP contribution in [0.2, 0.25) is 0 Å². The van der Waals surface area contributed by atoms with Gasteiger partial charge in [0.2, 0.25) is 0 Å². The van der Waals surface area contributed by atoms with Crippen LogP contribution in [0.25, 0.3) is 11.0 Å². The van der Waals surface area contributed by atoms with Crippen molar-refractivity contribution in [3.63, 3.8) is 0 Å². The highest BCUT2D eigenvalue weighted by Crippen LogP contribution is 2.31. The fraction of sp³-hybridized carbons (Fsp3) is 0.500. The molecule has 2 heterocycles. The molecule has 0 N–H and O–H groups in total. The second-order valence-electron chi connectivity index (χ2n) is 7.09. The lowest BCUT2D eigenvalue weighted by Crippen LogP contribution is -2.39. The molecule has 144 valence electrons. The van der Waals surface area contributed by atoms with E-state index in [1.54, 1.807) is 20.8 Å². The van der Waals surface area contributed by atoms with Gasteiger partial charge in [0.25, 0.3) is 5.69 Å². The van der Waals surface area contributed by atoms with Crippen molar-refractivity contribution in [1.29, 1.82) is 0 Å². The largest absolute Gasteiger partial charge is 0.444 e. The zero-order valence-corrected chi connectivity index (χ0v) is 15.9. The van der Waals surface area contributed by atoms with E-state index in [1.807, 2.05) is 0 Å². The number of benzene rings is 1. The number of nitro benzene ring substituents is 1. The highest BCUT2D eigenvalue weighted by Gasteiger charge is 2.35. The standard InChI is InChI=1S/C16H19N5O5S/c1-16(2,3)26-14(22)19-8-4-5-13(19)27-15(23)20-12-9-10(21(24)25)6-7-11(12)17-18-20/h6-7,9,13H,4-5,8H2,1-3H3/t13-/m0/s1. The Labute approximate surface area is 159 Å². The predicted molar refractivity (Wildman–Crippen MR) is 98.5 cm³/mol. The van der Waals surface area contributed by atoms with Gasteiger partial charge >= 0.3 is 11.3 Å². The second-order valence-corrected chi connectivity index (χ2v) is 8.21. The van der Waals surface area contributed by atoms with Gasteiger partial charge < -0.3 is 4.74 Å². The lowest BCUT2D eigenvalue weighted by Gasteiger charge is -2.27. The summed E-state index contributed by atoms with van der Waals surface area (Å²) in [5.41, 5.74) is -0.145. The van der Waals surface area contributed by atoms with Crippen LogP contribution in [0.5, 0.6) is 0 Å². The number of ether oxygens (including phenoxy) is 1. The molecular weight excluding hydrogens is 374 g/mol. The van der Waals surface area contributed by atoms with Crippen LogP contribution < -0.4 is 0 Å². The maximum atomic E-state index is 12.7. The van der Waals surface area contributed by atoms with Crippen molar-refractivity contribution in [2.45, 2.75) is 44.6 Å². The predicted octanol–water partition coefficient (Wildman–Crippen LogP) is 3.40. The number of nitro groups is 1. The smallest absolute Gasteiger partial charge is 0.411 e. The number of non-ortho nitro benzene ring substituents is 1. The summed E-state index contributed by atoms with van der Waals surface area (Å²) in [6.07, 6.45) is 0.931. The Morgan fingerprint density at radius 1 is 1.37 bits per heavy atom. The fourth-order valence-corrected chi connectivity index (χ4v) is 3.78. The van der Waals surface area contributed by atoms with Crippen LogP contribution in [0.3, 0.4) is 0 Å². The zero-order valence-electron chi connectivity index (χ0n) is 15.1. The molecule has 0 spiro atoms. The fourth-order valence-electron chi connectivity index (χ4n) is 2.71. The van der Waals surface area contributed by atoms with Gasteiger partial charge in [-0.05, 0) is 51.4 Å². The number of carbonyl (C=O) groups excluding carboxylic acids is 2. The van der Waals surface area contributed by atoms with E-state index in [2.05, 4.69) is 10.3 Å². The minimum absolute atomic E-state index is 0.153. The number of hydrogen-bond donors (Lipinski definition) is 0. The molecule has 1 aromatic heterocycles. The van der Waals surface area contributed by atoms with Gasteiger partial charge in [-0.25, -0.2) is 4.79 Å². The van der Waals surface area contributed by atoms with Gasteiger partial charge in [0, 0.05) is 18.7 Å². The van der Waals surface area contributed by atoms with E-state index in [4.69, 9.17) is 4.74 Å². The van der Waals surface area contributed by atoms with Crippen molar-refractivity contribution in [2.24, 2.45) is 0 Å². The monoisotopic (exact) mass is 393 g/mol. The van der Waals surface area contributed by atoms with Crippen LogP contribution >= 0.6 is 11.8 Å². The van der Waals surface area contributed by atoms with Crippen LogP contribution in [-0.4, -0.2) is 53.7 Å². The van der Waals surface area contributed by atoms with E-state index in [1.165, 1.54) is 23.1 Å². The van der Waals surface area contributed by atoms with Crippen molar-refractivity contribution >= 4 is 39.8 Å². The van der Waals surface area contributed by atoms with Gasteiger partial charge in [0.15, 0.2) is 0 Å². The third-order valence-electron chi connectivity index (χ3n) is 3.88. The normalized spacial score (nSPS) is 17.3. The first-order valence-electron chi connectivity index (χ1n) is 8.36. The highest BCUT2D eigenvalue weighted by molar-refractivity contribution is 8.14. The first-order chi connectivity index (χ1) is 12.7.